The molecule has 2 N–H and O–H groups in total. The van der Waals surface area contributed by atoms with Crippen LogP contribution in [-0.2, 0) is 4.79 Å². The van der Waals surface area contributed by atoms with Gasteiger partial charge in [0.2, 0.25) is 5.91 Å². The predicted octanol–water partition coefficient (Wildman–Crippen LogP) is 1.56. The number of hydrogen-bond acceptors (Lipinski definition) is 4. The largest absolute Gasteiger partial charge is 0.350 e. The maximum Gasteiger partial charge on any atom is 0.253 e. The Balaban J connectivity index is 1.77. The lowest BCUT2D eigenvalue weighted by Gasteiger charge is -2.47. The van der Waals surface area contributed by atoms with Crippen LogP contribution in [0.15, 0.2) is 24.3 Å². The summed E-state index contributed by atoms with van der Waals surface area (Å²) in [5, 5.41) is 20.2. The molecule has 2 fully saturated rings. The van der Waals surface area contributed by atoms with Crippen LogP contribution >= 0.6 is 0 Å². The SMILES string of the molecule is CN1C(=N)N[C@](C)(C2CCCN(C(=O)c3cccc(C#N)c3)C2)CC1=O. The van der Waals surface area contributed by atoms with E-state index in [-0.39, 0.29) is 23.7 Å². The lowest BCUT2D eigenvalue weighted by Crippen LogP contribution is -2.65. The van der Waals surface area contributed by atoms with Gasteiger partial charge in [-0.05, 0) is 43.9 Å². The van der Waals surface area contributed by atoms with E-state index < -0.39 is 5.54 Å². The number of amides is 2. The minimum Gasteiger partial charge on any atom is -0.350 e. The number of nitrogens with zero attached hydrogens (tertiary/aromatic N) is 3. The van der Waals surface area contributed by atoms with Gasteiger partial charge in [0.15, 0.2) is 5.96 Å². The molecule has 2 aliphatic rings. The van der Waals surface area contributed by atoms with Crippen LogP contribution in [0, 0.1) is 22.7 Å². The van der Waals surface area contributed by atoms with Crippen molar-refractivity contribution in [2.75, 3.05) is 20.1 Å². The van der Waals surface area contributed by atoms with Crippen LogP contribution < -0.4 is 5.32 Å². The third-order valence-corrected chi connectivity index (χ3v) is 5.48. The number of carbonyl (C=O) groups is 2. The second-order valence-corrected chi connectivity index (χ2v) is 7.30. The Hall–Kier alpha value is -2.88. The van der Waals surface area contributed by atoms with E-state index in [0.29, 0.717) is 30.6 Å². The summed E-state index contributed by atoms with van der Waals surface area (Å²) >= 11 is 0. The summed E-state index contributed by atoms with van der Waals surface area (Å²) in [6.07, 6.45) is 2.06. The fraction of sp³-hybridized carbons (Fsp3) is 0.474. The van der Waals surface area contributed by atoms with E-state index >= 15 is 0 Å². The maximum atomic E-state index is 12.9. The van der Waals surface area contributed by atoms with E-state index in [1.807, 2.05) is 6.92 Å². The molecule has 1 aromatic rings. The molecule has 2 heterocycles. The van der Waals surface area contributed by atoms with Gasteiger partial charge >= 0.3 is 0 Å². The van der Waals surface area contributed by atoms with Crippen molar-refractivity contribution in [3.05, 3.63) is 35.4 Å². The highest BCUT2D eigenvalue weighted by molar-refractivity contribution is 5.99. The Labute approximate surface area is 153 Å². The number of carbonyl (C=O) groups excluding carboxylic acids is 2. The van der Waals surface area contributed by atoms with Crippen molar-refractivity contribution in [1.82, 2.24) is 15.1 Å². The van der Waals surface area contributed by atoms with Gasteiger partial charge < -0.3 is 10.2 Å². The second kappa shape index (κ2) is 6.79. The fourth-order valence-electron chi connectivity index (χ4n) is 3.79. The number of piperidine rings is 1. The van der Waals surface area contributed by atoms with Crippen LogP contribution in [0.2, 0.25) is 0 Å². The summed E-state index contributed by atoms with van der Waals surface area (Å²) < 4.78 is 0. The summed E-state index contributed by atoms with van der Waals surface area (Å²) in [4.78, 5) is 28.2. The molecule has 7 heteroatoms. The van der Waals surface area contributed by atoms with Gasteiger partial charge in [0.1, 0.15) is 0 Å². The Morgan fingerprint density at radius 2 is 2.23 bits per heavy atom. The molecule has 0 aliphatic carbocycles. The highest BCUT2D eigenvalue weighted by Gasteiger charge is 2.44. The maximum absolute atomic E-state index is 12.9. The van der Waals surface area contributed by atoms with E-state index in [0.717, 1.165) is 12.8 Å². The summed E-state index contributed by atoms with van der Waals surface area (Å²) in [7, 11) is 1.59. The first kappa shape index (κ1) is 17.9. The lowest BCUT2D eigenvalue weighted by molar-refractivity contribution is -0.130. The first-order chi connectivity index (χ1) is 12.3. The number of rotatable bonds is 2. The standard InChI is InChI=1S/C19H23N5O2/c1-19(10-16(25)23(2)18(21)22-19)15-7-4-8-24(12-15)17(26)14-6-3-5-13(9-14)11-20/h3,5-6,9,15H,4,7-8,10,12H2,1-2H3,(H2,21,22)/t15?,19-/m0/s1. The zero-order chi connectivity index (χ0) is 18.9. The Morgan fingerprint density at radius 1 is 1.46 bits per heavy atom. The molecule has 1 unspecified atom stereocenters. The number of likely N-dealkylation sites (tertiary alicyclic amines) is 1. The first-order valence-electron chi connectivity index (χ1n) is 8.77. The molecule has 3 rings (SSSR count). The molecule has 7 nitrogen and oxygen atoms in total. The summed E-state index contributed by atoms with van der Waals surface area (Å²) in [6, 6.07) is 8.79. The van der Waals surface area contributed by atoms with E-state index in [1.54, 1.807) is 36.2 Å². The van der Waals surface area contributed by atoms with E-state index in [2.05, 4.69) is 11.4 Å². The van der Waals surface area contributed by atoms with Crippen molar-refractivity contribution >= 4 is 17.8 Å². The van der Waals surface area contributed by atoms with Gasteiger partial charge in [-0.15, -0.1) is 0 Å². The predicted molar refractivity (Wildman–Crippen MR) is 96.4 cm³/mol. The average molecular weight is 353 g/mol. The van der Waals surface area contributed by atoms with Gasteiger partial charge in [0.05, 0.1) is 23.6 Å². The van der Waals surface area contributed by atoms with Gasteiger partial charge in [0.25, 0.3) is 5.91 Å². The second-order valence-electron chi connectivity index (χ2n) is 7.30. The molecule has 136 valence electrons. The molecular formula is C19H23N5O2. The van der Waals surface area contributed by atoms with Crippen molar-refractivity contribution < 1.29 is 9.59 Å². The van der Waals surface area contributed by atoms with Gasteiger partial charge in [-0.3, -0.25) is 19.9 Å². The number of benzene rings is 1. The molecule has 0 radical (unpaired) electrons. The summed E-state index contributed by atoms with van der Waals surface area (Å²) in [6.45, 7) is 3.15. The molecule has 2 saturated heterocycles. The van der Waals surface area contributed by atoms with Crippen molar-refractivity contribution in [3.8, 4) is 6.07 Å². The van der Waals surface area contributed by atoms with Crippen LogP contribution in [0.3, 0.4) is 0 Å². The molecule has 0 spiro atoms. The van der Waals surface area contributed by atoms with Crippen molar-refractivity contribution in [2.45, 2.75) is 31.7 Å². The molecule has 26 heavy (non-hydrogen) atoms. The van der Waals surface area contributed by atoms with Gasteiger partial charge in [-0.1, -0.05) is 6.07 Å². The van der Waals surface area contributed by atoms with Crippen LogP contribution in [0.1, 0.15) is 42.1 Å². The Kier molecular flexibility index (Phi) is 4.68. The summed E-state index contributed by atoms with van der Waals surface area (Å²) in [5.41, 5.74) is 0.441. The van der Waals surface area contributed by atoms with E-state index in [4.69, 9.17) is 10.7 Å². The minimum atomic E-state index is -0.534. The van der Waals surface area contributed by atoms with Gasteiger partial charge in [0, 0.05) is 25.7 Å². The third kappa shape index (κ3) is 3.27. The zero-order valence-corrected chi connectivity index (χ0v) is 15.1. The van der Waals surface area contributed by atoms with Crippen LogP contribution in [0.5, 0.6) is 0 Å². The Bertz CT molecular complexity index is 779. The van der Waals surface area contributed by atoms with Crippen molar-refractivity contribution in [2.24, 2.45) is 5.92 Å². The molecular weight excluding hydrogens is 330 g/mol. The van der Waals surface area contributed by atoms with Crippen LogP contribution in [0.4, 0.5) is 0 Å². The normalized spacial score (nSPS) is 26.3. The zero-order valence-electron chi connectivity index (χ0n) is 15.1. The van der Waals surface area contributed by atoms with Gasteiger partial charge in [-0.2, -0.15) is 5.26 Å². The molecule has 2 atom stereocenters. The monoisotopic (exact) mass is 353 g/mol. The third-order valence-electron chi connectivity index (χ3n) is 5.48. The van der Waals surface area contributed by atoms with Gasteiger partial charge in [-0.25, -0.2) is 0 Å². The van der Waals surface area contributed by atoms with E-state index in [9.17, 15) is 9.59 Å². The lowest BCUT2D eigenvalue weighted by atomic mass is 9.76. The molecule has 1 aromatic carbocycles. The number of guanidine groups is 1. The van der Waals surface area contributed by atoms with Crippen molar-refractivity contribution in [3.63, 3.8) is 0 Å². The van der Waals surface area contributed by atoms with Crippen LogP contribution in [-0.4, -0.2) is 53.2 Å². The summed E-state index contributed by atoms with van der Waals surface area (Å²) in [5.74, 6) is 0.0115. The molecule has 0 aromatic heterocycles. The fourth-order valence-corrected chi connectivity index (χ4v) is 3.79. The minimum absolute atomic E-state index is 0.0809. The topological polar surface area (TPSA) is 100 Å². The number of hydrogen-bond donors (Lipinski definition) is 2. The smallest absolute Gasteiger partial charge is 0.253 e. The molecule has 0 saturated carbocycles. The first-order valence-corrected chi connectivity index (χ1v) is 8.77. The Morgan fingerprint density at radius 3 is 2.92 bits per heavy atom. The highest BCUT2D eigenvalue weighted by atomic mass is 16.2. The highest BCUT2D eigenvalue weighted by Crippen LogP contribution is 2.33. The number of nitriles is 1. The molecule has 2 aliphatic heterocycles. The quantitative estimate of drug-likeness (QED) is 0.842. The van der Waals surface area contributed by atoms with Crippen molar-refractivity contribution in [1.29, 1.82) is 10.7 Å². The van der Waals surface area contributed by atoms with E-state index in [1.165, 1.54) is 4.90 Å². The average Bonchev–Trinajstić information content (AvgIpc) is 2.65. The number of nitrogens with one attached hydrogen (secondary N) is 2. The van der Waals surface area contributed by atoms with Crippen LogP contribution in [0.25, 0.3) is 0 Å². The molecule has 2 amide bonds. The molecule has 0 bridgehead atoms.